The Bertz CT molecular complexity index is 548. The molecule has 1 atom stereocenters. The quantitative estimate of drug-likeness (QED) is 0.904. The molecule has 1 unspecified atom stereocenters. The van der Waals surface area contributed by atoms with Crippen LogP contribution in [0.25, 0.3) is 0 Å². The summed E-state index contributed by atoms with van der Waals surface area (Å²) in [4.78, 5) is 0.281. The normalized spacial score (nSPS) is 21.4. The summed E-state index contributed by atoms with van der Waals surface area (Å²) >= 11 is 0. The fourth-order valence-corrected chi connectivity index (χ4v) is 4.15. The van der Waals surface area contributed by atoms with Crippen LogP contribution >= 0.6 is 0 Å². The van der Waals surface area contributed by atoms with Crippen LogP contribution in [0.2, 0.25) is 0 Å². The first kappa shape index (κ1) is 14.6. The van der Waals surface area contributed by atoms with Crippen molar-refractivity contribution in [2.45, 2.75) is 31.8 Å². The van der Waals surface area contributed by atoms with E-state index in [1.807, 2.05) is 0 Å². The van der Waals surface area contributed by atoms with Gasteiger partial charge in [0.15, 0.2) is 0 Å². The Balaban J connectivity index is 2.23. The molecule has 1 aliphatic heterocycles. The number of hydrogen-bond donors (Lipinski definition) is 1. The van der Waals surface area contributed by atoms with Crippen molar-refractivity contribution in [3.63, 3.8) is 0 Å². The van der Waals surface area contributed by atoms with E-state index in [1.165, 1.54) is 0 Å². The highest BCUT2D eigenvalue weighted by atomic mass is 32.2. The Labute approximate surface area is 114 Å². The van der Waals surface area contributed by atoms with Gasteiger partial charge in [-0.15, -0.1) is 0 Å². The topological polar surface area (TPSA) is 62.5 Å². The summed E-state index contributed by atoms with van der Waals surface area (Å²) in [6, 6.07) is 1.55. The standard InChI is InChI=1S/C13H22N2O3S/c1-10(2)11-4-5-15(7-11)19(17,18)13-6-12(9-16)14(3)8-13/h6,8,10-11,16H,4-5,7,9H2,1-3H3. The van der Waals surface area contributed by atoms with Gasteiger partial charge in [0.1, 0.15) is 4.90 Å². The first-order valence-electron chi connectivity index (χ1n) is 6.62. The monoisotopic (exact) mass is 286 g/mol. The van der Waals surface area contributed by atoms with Crippen LogP contribution in [0.4, 0.5) is 0 Å². The second kappa shape index (κ2) is 5.26. The molecule has 1 aliphatic rings. The highest BCUT2D eigenvalue weighted by molar-refractivity contribution is 7.89. The minimum absolute atomic E-state index is 0.152. The molecule has 1 fully saturated rings. The number of rotatable bonds is 4. The molecule has 1 aromatic heterocycles. The minimum atomic E-state index is -3.42. The van der Waals surface area contributed by atoms with Gasteiger partial charge in [0.25, 0.3) is 0 Å². The third-order valence-corrected chi connectivity index (χ3v) is 5.84. The molecule has 2 rings (SSSR count). The molecular weight excluding hydrogens is 264 g/mol. The van der Waals surface area contributed by atoms with Crippen LogP contribution in [-0.2, 0) is 23.7 Å². The molecule has 0 aliphatic carbocycles. The van der Waals surface area contributed by atoms with Crippen molar-refractivity contribution in [2.24, 2.45) is 18.9 Å². The van der Waals surface area contributed by atoms with Crippen LogP contribution in [0.5, 0.6) is 0 Å². The molecule has 0 spiro atoms. The van der Waals surface area contributed by atoms with Gasteiger partial charge in [-0.1, -0.05) is 13.8 Å². The van der Waals surface area contributed by atoms with E-state index in [9.17, 15) is 8.42 Å². The molecule has 6 heteroatoms. The first-order chi connectivity index (χ1) is 8.86. The van der Waals surface area contributed by atoms with Gasteiger partial charge in [-0.2, -0.15) is 4.31 Å². The van der Waals surface area contributed by atoms with E-state index >= 15 is 0 Å². The second-order valence-corrected chi connectivity index (χ2v) is 7.53. The largest absolute Gasteiger partial charge is 0.390 e. The third-order valence-electron chi connectivity index (χ3n) is 4.01. The molecule has 1 N–H and O–H groups in total. The van der Waals surface area contributed by atoms with E-state index in [-0.39, 0.29) is 11.5 Å². The summed E-state index contributed by atoms with van der Waals surface area (Å²) in [5.41, 5.74) is 0.609. The van der Waals surface area contributed by atoms with Crippen LogP contribution in [-0.4, -0.2) is 35.5 Å². The second-order valence-electron chi connectivity index (χ2n) is 5.59. The highest BCUT2D eigenvalue weighted by Gasteiger charge is 2.34. The third kappa shape index (κ3) is 2.70. The van der Waals surface area contributed by atoms with E-state index in [1.54, 1.807) is 28.2 Å². The van der Waals surface area contributed by atoms with Gasteiger partial charge in [0, 0.05) is 32.0 Å². The molecule has 1 aromatic rings. The maximum atomic E-state index is 12.5. The molecule has 0 amide bonds. The molecule has 19 heavy (non-hydrogen) atoms. The lowest BCUT2D eigenvalue weighted by Crippen LogP contribution is -2.29. The average molecular weight is 286 g/mol. The predicted octanol–water partition coefficient (Wildman–Crippen LogP) is 1.18. The molecule has 0 aromatic carbocycles. The molecule has 0 bridgehead atoms. The van der Waals surface area contributed by atoms with Crippen LogP contribution in [0.15, 0.2) is 17.2 Å². The maximum absolute atomic E-state index is 12.5. The van der Waals surface area contributed by atoms with Gasteiger partial charge in [0.05, 0.1) is 6.61 Å². The number of nitrogens with zero attached hydrogens (tertiary/aromatic N) is 2. The van der Waals surface area contributed by atoms with Crippen molar-refractivity contribution in [3.05, 3.63) is 18.0 Å². The molecule has 0 radical (unpaired) electrons. The molecular formula is C13H22N2O3S. The van der Waals surface area contributed by atoms with Gasteiger partial charge >= 0.3 is 0 Å². The number of aliphatic hydroxyl groups excluding tert-OH is 1. The lowest BCUT2D eigenvalue weighted by atomic mass is 9.96. The summed E-state index contributed by atoms with van der Waals surface area (Å²) in [5, 5.41) is 9.15. The van der Waals surface area contributed by atoms with E-state index in [0.29, 0.717) is 30.6 Å². The fraction of sp³-hybridized carbons (Fsp3) is 0.692. The number of aryl methyl sites for hydroxylation is 1. The van der Waals surface area contributed by atoms with Crippen molar-refractivity contribution < 1.29 is 13.5 Å². The van der Waals surface area contributed by atoms with Gasteiger partial charge < -0.3 is 9.67 Å². The summed E-state index contributed by atoms with van der Waals surface area (Å²) in [5.74, 6) is 0.944. The Morgan fingerprint density at radius 3 is 2.63 bits per heavy atom. The molecule has 108 valence electrons. The highest BCUT2D eigenvalue weighted by Crippen LogP contribution is 2.29. The Morgan fingerprint density at radius 2 is 2.16 bits per heavy atom. The number of sulfonamides is 1. The van der Waals surface area contributed by atoms with Gasteiger partial charge in [-0.25, -0.2) is 8.42 Å². The van der Waals surface area contributed by atoms with Crippen molar-refractivity contribution in [3.8, 4) is 0 Å². The molecule has 0 saturated carbocycles. The summed E-state index contributed by atoms with van der Waals surface area (Å²) in [6.07, 6.45) is 2.50. The lowest BCUT2D eigenvalue weighted by Gasteiger charge is -2.17. The number of aliphatic hydroxyl groups is 1. The van der Waals surface area contributed by atoms with Crippen molar-refractivity contribution in [2.75, 3.05) is 13.1 Å². The Kier molecular flexibility index (Phi) is 4.03. The molecule has 2 heterocycles. The fourth-order valence-electron chi connectivity index (χ4n) is 2.54. The van der Waals surface area contributed by atoms with Crippen LogP contribution < -0.4 is 0 Å². The SMILES string of the molecule is CC(C)C1CCN(S(=O)(=O)c2cc(CO)n(C)c2)C1. The zero-order chi connectivity index (χ0) is 14.2. The van der Waals surface area contributed by atoms with E-state index < -0.39 is 10.0 Å². The molecule has 1 saturated heterocycles. The zero-order valence-corrected chi connectivity index (χ0v) is 12.5. The van der Waals surface area contributed by atoms with Crippen molar-refractivity contribution in [1.29, 1.82) is 0 Å². The lowest BCUT2D eigenvalue weighted by molar-refractivity contribution is 0.272. The van der Waals surface area contributed by atoms with E-state index in [0.717, 1.165) is 6.42 Å². The van der Waals surface area contributed by atoms with Gasteiger partial charge in [-0.05, 0) is 24.3 Å². The summed E-state index contributed by atoms with van der Waals surface area (Å²) in [6.45, 7) is 5.30. The Hall–Kier alpha value is -0.850. The Morgan fingerprint density at radius 1 is 1.47 bits per heavy atom. The predicted molar refractivity (Wildman–Crippen MR) is 73.0 cm³/mol. The van der Waals surface area contributed by atoms with Crippen LogP contribution in [0, 0.1) is 11.8 Å². The minimum Gasteiger partial charge on any atom is -0.390 e. The maximum Gasteiger partial charge on any atom is 0.244 e. The first-order valence-corrected chi connectivity index (χ1v) is 8.06. The van der Waals surface area contributed by atoms with Crippen LogP contribution in [0.3, 0.4) is 0 Å². The zero-order valence-electron chi connectivity index (χ0n) is 11.7. The van der Waals surface area contributed by atoms with Gasteiger partial charge in [0.2, 0.25) is 10.0 Å². The van der Waals surface area contributed by atoms with Crippen LogP contribution in [0.1, 0.15) is 26.0 Å². The number of hydrogen-bond acceptors (Lipinski definition) is 3. The summed E-state index contributed by atoms with van der Waals surface area (Å²) < 4.78 is 28.2. The number of aromatic nitrogens is 1. The van der Waals surface area contributed by atoms with Crippen molar-refractivity contribution in [1.82, 2.24) is 8.87 Å². The van der Waals surface area contributed by atoms with E-state index in [4.69, 9.17) is 5.11 Å². The van der Waals surface area contributed by atoms with Crippen molar-refractivity contribution >= 4 is 10.0 Å². The average Bonchev–Trinajstić information content (AvgIpc) is 2.95. The smallest absolute Gasteiger partial charge is 0.244 e. The molecule has 5 nitrogen and oxygen atoms in total. The summed E-state index contributed by atoms with van der Waals surface area (Å²) in [7, 11) is -1.67. The van der Waals surface area contributed by atoms with Gasteiger partial charge in [-0.3, -0.25) is 0 Å². The van der Waals surface area contributed by atoms with E-state index in [2.05, 4.69) is 13.8 Å².